The van der Waals surface area contributed by atoms with Crippen LogP contribution in [0.3, 0.4) is 0 Å². The van der Waals surface area contributed by atoms with Gasteiger partial charge in [0.1, 0.15) is 0 Å². The van der Waals surface area contributed by atoms with Gasteiger partial charge in [-0.1, -0.05) is 74.1 Å². The van der Waals surface area contributed by atoms with Crippen LogP contribution in [0.25, 0.3) is 0 Å². The molecule has 2 unspecified atom stereocenters. The Morgan fingerprint density at radius 3 is 1.38 bits per heavy atom. The zero-order chi connectivity index (χ0) is 18.5. The summed E-state index contributed by atoms with van der Waals surface area (Å²) in [5.74, 6) is 0. The van der Waals surface area contributed by atoms with Gasteiger partial charge in [-0.05, 0) is 50.2 Å². The minimum absolute atomic E-state index is 1.12. The van der Waals surface area contributed by atoms with Crippen molar-refractivity contribution in [2.24, 2.45) is 0 Å². The second kappa shape index (κ2) is 13.5. The van der Waals surface area contributed by atoms with Gasteiger partial charge < -0.3 is 14.2 Å². The van der Waals surface area contributed by atoms with E-state index in [-0.39, 0.29) is 0 Å². The predicted molar refractivity (Wildman–Crippen MR) is 116 cm³/mol. The van der Waals surface area contributed by atoms with Crippen LogP contribution in [0.5, 0.6) is 0 Å². The Kier molecular flexibility index (Phi) is 13.7. The lowest BCUT2D eigenvalue weighted by Gasteiger charge is -2.53. The normalized spacial score (nSPS) is 17.0. The van der Waals surface area contributed by atoms with Gasteiger partial charge in [-0.2, -0.15) is 0 Å². The number of hydrogen-bond acceptors (Lipinski definition) is 3. The minimum atomic E-state index is -1.60. The number of nitrogens with one attached hydrogen (secondary N) is 2. The summed E-state index contributed by atoms with van der Waals surface area (Å²) in [6, 6.07) is 5.47. The quantitative estimate of drug-likeness (QED) is 0.278. The largest absolute Gasteiger partial charge is 0.326 e. The van der Waals surface area contributed by atoms with Gasteiger partial charge in [-0.15, -0.1) is 0 Å². The molecule has 0 amide bonds. The van der Waals surface area contributed by atoms with E-state index in [2.05, 4.69) is 62.7 Å². The van der Waals surface area contributed by atoms with E-state index in [1.54, 1.807) is 0 Å². The molecular formula is C19H47N3Si2. The summed E-state index contributed by atoms with van der Waals surface area (Å²) in [5.41, 5.74) is 0. The zero-order valence-corrected chi connectivity index (χ0v) is 19.9. The molecule has 0 aromatic carbocycles. The molecule has 0 rings (SSSR count). The van der Waals surface area contributed by atoms with Gasteiger partial charge in [0, 0.05) is 0 Å². The molecule has 3 nitrogen and oxygen atoms in total. The Bertz CT molecular complexity index is 264. The van der Waals surface area contributed by atoms with Crippen molar-refractivity contribution in [3.8, 4) is 0 Å². The van der Waals surface area contributed by atoms with Crippen LogP contribution in [-0.2, 0) is 0 Å². The molecule has 2 atom stereocenters. The number of rotatable bonds is 16. The maximum Gasteiger partial charge on any atom is 0.198 e. The fraction of sp³-hybridized carbons (Fsp3) is 1.00. The molecule has 0 saturated heterocycles. The number of nitrogens with zero attached hydrogens (tertiary/aromatic N) is 1. The number of hydrogen-bond donors (Lipinski definition) is 2. The Balaban J connectivity index is 5.85. The highest BCUT2D eigenvalue weighted by Crippen LogP contribution is 2.30. The smallest absolute Gasteiger partial charge is 0.198 e. The van der Waals surface area contributed by atoms with Crippen molar-refractivity contribution in [2.45, 2.75) is 105 Å². The summed E-state index contributed by atoms with van der Waals surface area (Å²) in [6.07, 6.45) is 6.67. The second-order valence-electron chi connectivity index (χ2n) is 7.19. The van der Waals surface area contributed by atoms with Crippen molar-refractivity contribution in [1.82, 2.24) is 14.2 Å². The summed E-state index contributed by atoms with van der Waals surface area (Å²) >= 11 is 0. The van der Waals surface area contributed by atoms with Gasteiger partial charge >= 0.3 is 0 Å². The molecule has 0 aliphatic heterocycles. The van der Waals surface area contributed by atoms with Crippen molar-refractivity contribution >= 4 is 16.8 Å². The molecule has 0 spiro atoms. The Morgan fingerprint density at radius 1 is 0.625 bits per heavy atom. The molecule has 0 aromatic heterocycles. The van der Waals surface area contributed by atoms with Crippen molar-refractivity contribution < 1.29 is 0 Å². The summed E-state index contributed by atoms with van der Waals surface area (Å²) in [7, 11) is -3.19. The lowest BCUT2D eigenvalue weighted by molar-refractivity contribution is 0.504. The highest BCUT2D eigenvalue weighted by Gasteiger charge is 2.48. The third-order valence-electron chi connectivity index (χ3n) is 5.53. The van der Waals surface area contributed by atoms with Crippen LogP contribution in [0, 0.1) is 0 Å². The van der Waals surface area contributed by atoms with E-state index >= 15 is 0 Å². The van der Waals surface area contributed by atoms with E-state index in [9.17, 15) is 0 Å². The third-order valence-corrected chi connectivity index (χ3v) is 17.6. The fourth-order valence-corrected chi connectivity index (χ4v) is 17.2. The first kappa shape index (κ1) is 24.3. The highest BCUT2D eigenvalue weighted by atomic mass is 28.4. The fourth-order valence-electron chi connectivity index (χ4n) is 4.47. The topological polar surface area (TPSA) is 27.3 Å². The van der Waals surface area contributed by atoms with Crippen LogP contribution in [0.1, 0.15) is 80.6 Å². The van der Waals surface area contributed by atoms with Crippen LogP contribution >= 0.6 is 0 Å². The lowest BCUT2D eigenvalue weighted by atomic mass is 10.3. The molecule has 0 fully saturated rings. The molecule has 0 heterocycles. The van der Waals surface area contributed by atoms with Crippen LogP contribution in [-0.4, -0.2) is 40.7 Å². The molecule has 0 radical (unpaired) electrons. The SMILES string of the molecule is CCCCCN([Si](CC)(CCC)NCC)[Si](CC)(CCC)NCC. The Hall–Kier alpha value is 0.314. The minimum Gasteiger partial charge on any atom is -0.326 e. The average molecular weight is 374 g/mol. The van der Waals surface area contributed by atoms with E-state index in [1.165, 1.54) is 62.8 Å². The maximum atomic E-state index is 4.09. The monoisotopic (exact) mass is 373 g/mol. The van der Waals surface area contributed by atoms with Gasteiger partial charge in [0.05, 0.1) is 0 Å². The molecule has 5 heteroatoms. The van der Waals surface area contributed by atoms with E-state index in [1.807, 2.05) is 0 Å². The van der Waals surface area contributed by atoms with Crippen molar-refractivity contribution in [3.63, 3.8) is 0 Å². The standard InChI is InChI=1S/C19H47N3Si2/c1-8-15-16-17-22(23(13-6,18-9-2)20-11-4)24(14-7,19-10-3)21-12-5/h20-21H,8-19H2,1-7H3. The van der Waals surface area contributed by atoms with Gasteiger partial charge in [-0.3, -0.25) is 0 Å². The highest BCUT2D eigenvalue weighted by molar-refractivity contribution is 6.90. The van der Waals surface area contributed by atoms with Crippen molar-refractivity contribution in [2.75, 3.05) is 19.6 Å². The van der Waals surface area contributed by atoms with Crippen molar-refractivity contribution in [3.05, 3.63) is 0 Å². The van der Waals surface area contributed by atoms with E-state index in [4.69, 9.17) is 0 Å². The molecule has 0 aromatic rings. The Labute approximate surface area is 155 Å². The van der Waals surface area contributed by atoms with Crippen molar-refractivity contribution in [1.29, 1.82) is 0 Å². The lowest BCUT2D eigenvalue weighted by Crippen LogP contribution is -2.77. The molecule has 24 heavy (non-hydrogen) atoms. The third kappa shape index (κ3) is 6.56. The van der Waals surface area contributed by atoms with E-state index in [0.717, 1.165) is 13.1 Å². The average Bonchev–Trinajstić information content (AvgIpc) is 2.58. The molecule has 0 aliphatic carbocycles. The molecule has 0 aliphatic rings. The molecule has 146 valence electrons. The van der Waals surface area contributed by atoms with Crippen LogP contribution in [0.15, 0.2) is 0 Å². The van der Waals surface area contributed by atoms with Crippen LogP contribution < -0.4 is 9.96 Å². The summed E-state index contributed by atoms with van der Waals surface area (Å²) < 4.78 is 3.12. The maximum absolute atomic E-state index is 4.09. The second-order valence-corrected chi connectivity index (χ2v) is 16.0. The van der Waals surface area contributed by atoms with E-state index < -0.39 is 16.8 Å². The summed E-state index contributed by atoms with van der Waals surface area (Å²) in [5, 5.41) is 0. The first-order valence-electron chi connectivity index (χ1n) is 10.8. The molecular weight excluding hydrogens is 326 g/mol. The van der Waals surface area contributed by atoms with Gasteiger partial charge in [0.15, 0.2) is 16.8 Å². The Morgan fingerprint density at radius 2 is 1.08 bits per heavy atom. The molecule has 0 saturated carbocycles. The van der Waals surface area contributed by atoms with Crippen LogP contribution in [0.2, 0.25) is 24.2 Å². The summed E-state index contributed by atoms with van der Waals surface area (Å²) in [4.78, 5) is 8.18. The predicted octanol–water partition coefficient (Wildman–Crippen LogP) is 5.44. The first-order valence-corrected chi connectivity index (χ1v) is 15.6. The number of unbranched alkanes of at least 4 members (excludes halogenated alkanes) is 2. The molecule has 0 bridgehead atoms. The van der Waals surface area contributed by atoms with Gasteiger partial charge in [0.2, 0.25) is 0 Å². The molecule has 2 N–H and O–H groups in total. The zero-order valence-electron chi connectivity index (χ0n) is 17.9. The summed E-state index contributed by atoms with van der Waals surface area (Å²) in [6.45, 7) is 20.1. The van der Waals surface area contributed by atoms with Gasteiger partial charge in [0.25, 0.3) is 0 Å². The van der Waals surface area contributed by atoms with Gasteiger partial charge in [-0.25, -0.2) is 0 Å². The van der Waals surface area contributed by atoms with E-state index in [0.29, 0.717) is 0 Å². The first-order chi connectivity index (χ1) is 11.6. The van der Waals surface area contributed by atoms with Crippen LogP contribution in [0.4, 0.5) is 0 Å².